The third-order valence-electron chi connectivity index (χ3n) is 5.36. The van der Waals surface area contributed by atoms with E-state index in [2.05, 4.69) is 10.5 Å². The number of hydrogen-bond acceptors (Lipinski definition) is 6. The van der Waals surface area contributed by atoms with Gasteiger partial charge in [-0.3, -0.25) is 0 Å². The second kappa shape index (κ2) is 7.26. The van der Waals surface area contributed by atoms with Crippen molar-refractivity contribution >= 4 is 24.2 Å². The fraction of sp³-hybridized carbons (Fsp3) is 0.444. The molecule has 26 heavy (non-hydrogen) atoms. The predicted molar refractivity (Wildman–Crippen MR) is 98.9 cm³/mol. The van der Waals surface area contributed by atoms with Crippen LogP contribution in [0.3, 0.4) is 0 Å². The third-order valence-corrected chi connectivity index (χ3v) is 5.36. The molecule has 0 saturated carbocycles. The topological polar surface area (TPSA) is 98.8 Å². The molecule has 8 heteroatoms. The number of aromatic carboxylic acids is 1. The van der Waals surface area contributed by atoms with E-state index < -0.39 is 11.6 Å². The van der Waals surface area contributed by atoms with E-state index in [4.69, 9.17) is 4.52 Å². The number of rotatable bonds is 3. The van der Waals surface area contributed by atoms with Crippen molar-refractivity contribution in [3.05, 3.63) is 35.9 Å². The predicted octanol–water partition coefficient (Wildman–Crippen LogP) is 2.01. The van der Waals surface area contributed by atoms with Crippen LogP contribution in [0.2, 0.25) is 0 Å². The highest BCUT2D eigenvalue weighted by atomic mass is 35.5. The molecule has 2 aromatic rings. The average Bonchev–Trinajstić information content (AvgIpc) is 3.07. The van der Waals surface area contributed by atoms with Crippen molar-refractivity contribution < 1.29 is 19.5 Å². The Bertz CT molecular complexity index is 782. The van der Waals surface area contributed by atoms with E-state index in [1.165, 1.54) is 0 Å². The van der Waals surface area contributed by atoms with E-state index in [1.54, 1.807) is 12.1 Å². The molecule has 0 radical (unpaired) electrons. The molecule has 0 bridgehead atoms. The van der Waals surface area contributed by atoms with Crippen LogP contribution in [0, 0.1) is 5.92 Å². The van der Waals surface area contributed by atoms with Gasteiger partial charge in [-0.1, -0.05) is 35.5 Å². The highest BCUT2D eigenvalue weighted by Crippen LogP contribution is 2.37. The minimum atomic E-state index is -1.06. The number of aliphatic hydroxyl groups is 1. The van der Waals surface area contributed by atoms with Gasteiger partial charge in [-0.15, -0.1) is 12.4 Å². The summed E-state index contributed by atoms with van der Waals surface area (Å²) in [6.07, 6.45) is 1.33. The standard InChI is InChI=1S/C18H21N3O4.ClH/c22-17(23)14-15(12-4-2-1-3-5-12)25-20-16(14)21-9-7-18(24)6-8-19-10-13(18)11-21;/h1-5,13,19,24H,6-11H2,(H,22,23);1H/t13-,18-;/m0./s1. The number of fused-ring (bicyclic) bond motifs is 1. The van der Waals surface area contributed by atoms with Crippen molar-refractivity contribution in [3.63, 3.8) is 0 Å². The molecular weight excluding hydrogens is 358 g/mol. The van der Waals surface area contributed by atoms with E-state index >= 15 is 0 Å². The number of hydrogen-bond donors (Lipinski definition) is 3. The van der Waals surface area contributed by atoms with Crippen molar-refractivity contribution in [2.45, 2.75) is 18.4 Å². The molecule has 3 heterocycles. The van der Waals surface area contributed by atoms with Gasteiger partial charge in [-0.2, -0.15) is 0 Å². The van der Waals surface area contributed by atoms with E-state index in [0.29, 0.717) is 30.9 Å². The van der Waals surface area contributed by atoms with Crippen LogP contribution in [-0.4, -0.2) is 53.1 Å². The maximum atomic E-state index is 11.9. The normalized spacial score (nSPS) is 25.3. The molecule has 140 valence electrons. The summed E-state index contributed by atoms with van der Waals surface area (Å²) in [5.41, 5.74) is 0.101. The van der Waals surface area contributed by atoms with Gasteiger partial charge in [0.25, 0.3) is 0 Å². The summed E-state index contributed by atoms with van der Waals surface area (Å²) in [6, 6.07) is 9.13. The maximum absolute atomic E-state index is 11.9. The SMILES string of the molecule is Cl.O=C(O)c1c(N2CC[C@@]3(O)CCNC[C@H]3C2)noc1-c1ccccc1. The Morgan fingerprint density at radius 1 is 1.31 bits per heavy atom. The quantitative estimate of drug-likeness (QED) is 0.750. The van der Waals surface area contributed by atoms with E-state index in [-0.39, 0.29) is 29.6 Å². The number of piperidine rings is 2. The first-order valence-corrected chi connectivity index (χ1v) is 8.55. The smallest absolute Gasteiger partial charge is 0.343 e. The number of nitrogens with zero attached hydrogens (tertiary/aromatic N) is 2. The molecule has 3 N–H and O–H groups in total. The van der Waals surface area contributed by atoms with Crippen molar-refractivity contribution in [1.82, 2.24) is 10.5 Å². The zero-order chi connectivity index (χ0) is 17.4. The number of carboxylic acid groups (broad SMARTS) is 1. The van der Waals surface area contributed by atoms with Gasteiger partial charge in [0, 0.05) is 31.1 Å². The first kappa shape index (κ1) is 18.7. The minimum Gasteiger partial charge on any atom is -0.477 e. The molecule has 0 aliphatic carbocycles. The van der Waals surface area contributed by atoms with Gasteiger partial charge >= 0.3 is 5.97 Å². The van der Waals surface area contributed by atoms with Crippen LogP contribution in [0.1, 0.15) is 23.2 Å². The number of aromatic nitrogens is 1. The summed E-state index contributed by atoms with van der Waals surface area (Å²) >= 11 is 0. The Hall–Kier alpha value is -2.09. The lowest BCUT2D eigenvalue weighted by molar-refractivity contribution is -0.0540. The first-order valence-electron chi connectivity index (χ1n) is 8.55. The molecule has 0 unspecified atom stereocenters. The maximum Gasteiger partial charge on any atom is 0.343 e. The Kier molecular flexibility index (Phi) is 5.22. The third kappa shape index (κ3) is 3.18. The molecular formula is C18H22ClN3O4. The summed E-state index contributed by atoms with van der Waals surface area (Å²) in [6.45, 7) is 2.66. The molecule has 2 aliphatic rings. The highest BCUT2D eigenvalue weighted by molar-refractivity contribution is 5.99. The van der Waals surface area contributed by atoms with Gasteiger partial charge < -0.3 is 25.0 Å². The minimum absolute atomic E-state index is 0. The lowest BCUT2D eigenvalue weighted by Gasteiger charge is -2.47. The lowest BCUT2D eigenvalue weighted by Crippen LogP contribution is -2.59. The molecule has 2 saturated heterocycles. The van der Waals surface area contributed by atoms with Gasteiger partial charge in [0.2, 0.25) is 0 Å². The van der Waals surface area contributed by atoms with Crippen LogP contribution >= 0.6 is 12.4 Å². The molecule has 2 fully saturated rings. The number of carbonyl (C=O) groups is 1. The molecule has 1 aromatic carbocycles. The molecule has 0 amide bonds. The fourth-order valence-electron chi connectivity index (χ4n) is 3.89. The summed E-state index contributed by atoms with van der Waals surface area (Å²) < 4.78 is 5.41. The summed E-state index contributed by atoms with van der Waals surface area (Å²) in [5, 5.41) is 27.9. The Morgan fingerprint density at radius 2 is 2.08 bits per heavy atom. The molecule has 4 rings (SSSR count). The fourth-order valence-corrected chi connectivity index (χ4v) is 3.89. The molecule has 2 atom stereocenters. The Labute approximate surface area is 157 Å². The van der Waals surface area contributed by atoms with Gasteiger partial charge in [0.1, 0.15) is 0 Å². The van der Waals surface area contributed by atoms with Crippen LogP contribution in [0.5, 0.6) is 0 Å². The van der Waals surface area contributed by atoms with Crippen molar-refractivity contribution in [2.24, 2.45) is 5.92 Å². The lowest BCUT2D eigenvalue weighted by atomic mass is 9.76. The number of halogens is 1. The number of carboxylic acids is 1. The average molecular weight is 380 g/mol. The summed E-state index contributed by atoms with van der Waals surface area (Å²) in [5.74, 6) is -0.393. The zero-order valence-electron chi connectivity index (χ0n) is 14.2. The van der Waals surface area contributed by atoms with Crippen LogP contribution in [0.4, 0.5) is 5.82 Å². The van der Waals surface area contributed by atoms with Gasteiger partial charge in [-0.25, -0.2) is 4.79 Å². The van der Waals surface area contributed by atoms with E-state index in [1.807, 2.05) is 23.1 Å². The van der Waals surface area contributed by atoms with E-state index in [0.717, 1.165) is 19.5 Å². The van der Waals surface area contributed by atoms with Crippen LogP contribution in [0.25, 0.3) is 11.3 Å². The molecule has 0 spiro atoms. The Balaban J connectivity index is 0.00000196. The van der Waals surface area contributed by atoms with Gasteiger partial charge in [0.15, 0.2) is 17.1 Å². The van der Waals surface area contributed by atoms with E-state index in [9.17, 15) is 15.0 Å². The zero-order valence-corrected chi connectivity index (χ0v) is 15.0. The second-order valence-corrected chi connectivity index (χ2v) is 6.83. The van der Waals surface area contributed by atoms with Crippen LogP contribution in [-0.2, 0) is 0 Å². The highest BCUT2D eigenvalue weighted by Gasteiger charge is 2.44. The molecule has 7 nitrogen and oxygen atoms in total. The first-order chi connectivity index (χ1) is 12.1. The number of nitrogens with one attached hydrogen (secondary N) is 1. The Morgan fingerprint density at radius 3 is 2.81 bits per heavy atom. The molecule has 2 aliphatic heterocycles. The number of anilines is 1. The summed E-state index contributed by atoms with van der Waals surface area (Å²) in [7, 11) is 0. The second-order valence-electron chi connectivity index (χ2n) is 6.83. The van der Waals surface area contributed by atoms with Crippen LogP contribution in [0.15, 0.2) is 34.9 Å². The van der Waals surface area contributed by atoms with Crippen molar-refractivity contribution in [3.8, 4) is 11.3 Å². The van der Waals surface area contributed by atoms with Gasteiger partial charge in [0.05, 0.1) is 5.60 Å². The van der Waals surface area contributed by atoms with Crippen LogP contribution < -0.4 is 10.2 Å². The van der Waals surface area contributed by atoms with Crippen molar-refractivity contribution in [2.75, 3.05) is 31.1 Å². The van der Waals surface area contributed by atoms with Crippen molar-refractivity contribution in [1.29, 1.82) is 0 Å². The molecule has 1 aromatic heterocycles. The number of benzene rings is 1. The van der Waals surface area contributed by atoms with Gasteiger partial charge in [-0.05, 0) is 19.4 Å². The largest absolute Gasteiger partial charge is 0.477 e. The summed E-state index contributed by atoms with van der Waals surface area (Å²) in [4.78, 5) is 13.8. The monoisotopic (exact) mass is 379 g/mol.